The number of alkyl halides is 3. The Morgan fingerprint density at radius 1 is 1.07 bits per heavy atom. The van der Waals surface area contributed by atoms with Gasteiger partial charge in [0.25, 0.3) is 0 Å². The predicted octanol–water partition coefficient (Wildman–Crippen LogP) is 3.67. The van der Waals surface area contributed by atoms with Gasteiger partial charge in [-0.25, -0.2) is 0 Å². The summed E-state index contributed by atoms with van der Waals surface area (Å²) in [6.45, 7) is -0.114. The van der Waals surface area contributed by atoms with Crippen LogP contribution in [0.1, 0.15) is 5.56 Å². The molecular weight excluding hydrogens is 407 g/mol. The van der Waals surface area contributed by atoms with E-state index < -0.39 is 11.7 Å². The number of methoxy groups -OCH3 is 2. The van der Waals surface area contributed by atoms with Gasteiger partial charge in [-0.1, -0.05) is 0 Å². The van der Waals surface area contributed by atoms with Gasteiger partial charge in [0.05, 0.1) is 26.3 Å². The molecule has 0 aromatic heterocycles. The van der Waals surface area contributed by atoms with Gasteiger partial charge in [0.2, 0.25) is 5.91 Å². The maximum absolute atomic E-state index is 12.6. The maximum atomic E-state index is 12.6. The van der Waals surface area contributed by atoms with Crippen LogP contribution in [0.2, 0.25) is 0 Å². The lowest BCUT2D eigenvalue weighted by Gasteiger charge is -2.20. The molecule has 0 aliphatic carbocycles. The number of anilines is 2. The maximum Gasteiger partial charge on any atom is 0.416 e. The summed E-state index contributed by atoms with van der Waals surface area (Å²) in [4.78, 5) is 13.8. The van der Waals surface area contributed by atoms with Crippen molar-refractivity contribution in [3.63, 3.8) is 0 Å². The highest BCUT2D eigenvalue weighted by Crippen LogP contribution is 2.31. The standard InChI is InChI=1S/C19H20F3N3O3S/c1-25(14-8-9-15(27-2)16(10-14)28-3)17(26)11-23-18(29)24-13-6-4-12(5-7-13)19(20,21)22/h4-10H,11H2,1-3H3,(H2,23,24,29). The molecule has 0 bridgehead atoms. The van der Waals surface area contributed by atoms with E-state index in [2.05, 4.69) is 10.6 Å². The van der Waals surface area contributed by atoms with Crippen LogP contribution >= 0.6 is 12.2 Å². The van der Waals surface area contributed by atoms with Gasteiger partial charge in [-0.2, -0.15) is 13.2 Å². The molecule has 1 amide bonds. The SMILES string of the molecule is COc1ccc(N(C)C(=O)CNC(=S)Nc2ccc(C(F)(F)F)cc2)cc1OC. The first kappa shape index (κ1) is 22.3. The van der Waals surface area contributed by atoms with Gasteiger partial charge < -0.3 is 25.0 Å². The minimum absolute atomic E-state index is 0.110. The number of carbonyl (C=O) groups excluding carboxylic acids is 1. The molecule has 2 rings (SSSR count). The minimum atomic E-state index is -4.40. The number of thiocarbonyl (C=S) groups is 1. The Bertz CT molecular complexity index is 873. The molecule has 0 heterocycles. The zero-order valence-corrected chi connectivity index (χ0v) is 16.8. The van der Waals surface area contributed by atoms with Crippen molar-refractivity contribution >= 4 is 34.6 Å². The Morgan fingerprint density at radius 3 is 2.24 bits per heavy atom. The van der Waals surface area contributed by atoms with Gasteiger partial charge in [-0.05, 0) is 48.6 Å². The number of ether oxygens (including phenoxy) is 2. The van der Waals surface area contributed by atoms with Crippen molar-refractivity contribution in [3.05, 3.63) is 48.0 Å². The summed E-state index contributed by atoms with van der Waals surface area (Å²) in [7, 11) is 4.61. The van der Waals surface area contributed by atoms with E-state index in [1.165, 1.54) is 31.3 Å². The van der Waals surface area contributed by atoms with Crippen LogP contribution in [0.5, 0.6) is 11.5 Å². The Labute approximate surface area is 171 Å². The molecule has 0 aliphatic heterocycles. The van der Waals surface area contributed by atoms with Gasteiger partial charge in [-0.3, -0.25) is 4.79 Å². The zero-order valence-electron chi connectivity index (χ0n) is 16.0. The Morgan fingerprint density at radius 2 is 1.69 bits per heavy atom. The van der Waals surface area contributed by atoms with Crippen LogP contribution in [0, 0.1) is 0 Å². The van der Waals surface area contributed by atoms with Crippen molar-refractivity contribution in [1.82, 2.24) is 5.32 Å². The molecule has 0 radical (unpaired) electrons. The molecule has 0 spiro atoms. The second kappa shape index (κ2) is 9.46. The number of rotatable bonds is 6. The normalized spacial score (nSPS) is 10.8. The minimum Gasteiger partial charge on any atom is -0.493 e. The summed E-state index contributed by atoms with van der Waals surface area (Å²) >= 11 is 5.08. The highest BCUT2D eigenvalue weighted by atomic mass is 32.1. The highest BCUT2D eigenvalue weighted by Gasteiger charge is 2.29. The average Bonchev–Trinajstić information content (AvgIpc) is 2.70. The molecule has 0 unspecified atom stereocenters. The third-order valence-corrected chi connectivity index (χ3v) is 4.25. The summed E-state index contributed by atoms with van der Waals surface area (Å²) in [5, 5.41) is 5.57. The number of nitrogens with one attached hydrogen (secondary N) is 2. The molecule has 29 heavy (non-hydrogen) atoms. The Hall–Kier alpha value is -3.01. The van der Waals surface area contributed by atoms with Gasteiger partial charge >= 0.3 is 6.18 Å². The van der Waals surface area contributed by atoms with E-state index in [0.29, 0.717) is 22.9 Å². The molecule has 156 valence electrons. The monoisotopic (exact) mass is 427 g/mol. The van der Waals surface area contributed by atoms with Crippen molar-refractivity contribution in [2.75, 3.05) is 38.0 Å². The molecule has 0 aliphatic rings. The quantitative estimate of drug-likeness (QED) is 0.686. The number of hydrogen-bond acceptors (Lipinski definition) is 4. The number of likely N-dealkylation sites (N-methyl/N-ethyl adjacent to an activating group) is 1. The predicted molar refractivity (Wildman–Crippen MR) is 109 cm³/mol. The lowest BCUT2D eigenvalue weighted by molar-refractivity contribution is -0.137. The largest absolute Gasteiger partial charge is 0.493 e. The number of hydrogen-bond donors (Lipinski definition) is 2. The highest BCUT2D eigenvalue weighted by molar-refractivity contribution is 7.80. The summed E-state index contributed by atoms with van der Waals surface area (Å²) < 4.78 is 48.1. The van der Waals surface area contributed by atoms with Gasteiger partial charge in [-0.15, -0.1) is 0 Å². The lowest BCUT2D eigenvalue weighted by Crippen LogP contribution is -2.39. The molecule has 2 N–H and O–H groups in total. The fourth-order valence-corrected chi connectivity index (χ4v) is 2.56. The Balaban J connectivity index is 1.92. The molecule has 10 heteroatoms. The molecule has 6 nitrogen and oxygen atoms in total. The lowest BCUT2D eigenvalue weighted by atomic mass is 10.2. The molecule has 0 saturated carbocycles. The second-order valence-electron chi connectivity index (χ2n) is 5.87. The first-order valence-corrected chi connectivity index (χ1v) is 8.77. The molecule has 0 atom stereocenters. The molecule has 0 fully saturated rings. The fourth-order valence-electron chi connectivity index (χ4n) is 2.37. The van der Waals surface area contributed by atoms with E-state index in [0.717, 1.165) is 12.1 Å². The zero-order chi connectivity index (χ0) is 21.6. The molecule has 2 aromatic rings. The van der Waals surface area contributed by atoms with E-state index in [1.807, 2.05) is 0 Å². The second-order valence-corrected chi connectivity index (χ2v) is 6.28. The summed E-state index contributed by atoms with van der Waals surface area (Å²) in [5.41, 5.74) is 0.209. The van der Waals surface area contributed by atoms with E-state index >= 15 is 0 Å². The van der Waals surface area contributed by atoms with Crippen LogP contribution < -0.4 is 25.0 Å². The van der Waals surface area contributed by atoms with Crippen molar-refractivity contribution in [2.24, 2.45) is 0 Å². The third kappa shape index (κ3) is 5.98. The van der Waals surface area contributed by atoms with Crippen molar-refractivity contribution in [3.8, 4) is 11.5 Å². The molecular formula is C19H20F3N3O3S. The number of carbonyl (C=O) groups is 1. The first-order chi connectivity index (χ1) is 13.7. The number of benzene rings is 2. The van der Waals surface area contributed by atoms with Crippen LogP contribution in [-0.2, 0) is 11.0 Å². The third-order valence-electron chi connectivity index (χ3n) is 4.00. The summed E-state index contributed by atoms with van der Waals surface area (Å²) in [6, 6.07) is 9.46. The first-order valence-electron chi connectivity index (χ1n) is 8.36. The van der Waals surface area contributed by atoms with Crippen LogP contribution in [-0.4, -0.2) is 38.8 Å². The fraction of sp³-hybridized carbons (Fsp3) is 0.263. The summed E-state index contributed by atoms with van der Waals surface area (Å²) in [6.07, 6.45) is -4.40. The van der Waals surface area contributed by atoms with E-state index in [1.54, 1.807) is 25.2 Å². The van der Waals surface area contributed by atoms with Gasteiger partial charge in [0, 0.05) is 24.5 Å². The van der Waals surface area contributed by atoms with E-state index in [4.69, 9.17) is 21.7 Å². The van der Waals surface area contributed by atoms with E-state index in [9.17, 15) is 18.0 Å². The molecule has 2 aromatic carbocycles. The summed E-state index contributed by atoms with van der Waals surface area (Å²) in [5.74, 6) is 0.739. The smallest absolute Gasteiger partial charge is 0.416 e. The van der Waals surface area contributed by atoms with Crippen LogP contribution in [0.25, 0.3) is 0 Å². The number of nitrogens with zero attached hydrogens (tertiary/aromatic N) is 1. The van der Waals surface area contributed by atoms with Crippen LogP contribution in [0.3, 0.4) is 0 Å². The van der Waals surface area contributed by atoms with Crippen LogP contribution in [0.4, 0.5) is 24.5 Å². The van der Waals surface area contributed by atoms with Crippen LogP contribution in [0.15, 0.2) is 42.5 Å². The number of amides is 1. The van der Waals surface area contributed by atoms with Gasteiger partial charge in [0.15, 0.2) is 16.6 Å². The topological polar surface area (TPSA) is 62.8 Å². The number of halogens is 3. The van der Waals surface area contributed by atoms with Crippen molar-refractivity contribution < 1.29 is 27.4 Å². The van der Waals surface area contributed by atoms with Crippen molar-refractivity contribution in [1.29, 1.82) is 0 Å². The molecule has 0 saturated heterocycles. The van der Waals surface area contributed by atoms with Gasteiger partial charge in [0.1, 0.15) is 0 Å². The van der Waals surface area contributed by atoms with E-state index in [-0.39, 0.29) is 17.6 Å². The Kier molecular flexibility index (Phi) is 7.27. The van der Waals surface area contributed by atoms with Crippen molar-refractivity contribution in [2.45, 2.75) is 6.18 Å². The average molecular weight is 427 g/mol.